The van der Waals surface area contributed by atoms with Crippen LogP contribution in [0.4, 0.5) is 0 Å². The second-order valence-electron chi connectivity index (χ2n) is 6.46. The van der Waals surface area contributed by atoms with Gasteiger partial charge in [0.1, 0.15) is 11.5 Å². The predicted molar refractivity (Wildman–Crippen MR) is 111 cm³/mol. The zero-order chi connectivity index (χ0) is 20.8. The van der Waals surface area contributed by atoms with Crippen molar-refractivity contribution in [1.82, 2.24) is 19.9 Å². The van der Waals surface area contributed by atoms with E-state index < -0.39 is 0 Å². The SMILES string of the molecule is C=CCN(Cc1ccc(OC)cc1)C(=O)c1nnn(-c2cccc(OC)c2)c1C. The average Bonchev–Trinajstić information content (AvgIpc) is 3.14. The number of carbonyl (C=O) groups excluding carboxylic acids is 1. The Kier molecular flexibility index (Phi) is 6.29. The van der Waals surface area contributed by atoms with Crippen LogP contribution in [0.25, 0.3) is 5.69 Å². The highest BCUT2D eigenvalue weighted by Gasteiger charge is 2.23. The number of carbonyl (C=O) groups is 1. The van der Waals surface area contributed by atoms with Crippen LogP contribution < -0.4 is 9.47 Å². The molecule has 7 heteroatoms. The zero-order valence-corrected chi connectivity index (χ0v) is 16.8. The predicted octanol–water partition coefficient (Wildman–Crippen LogP) is 3.42. The van der Waals surface area contributed by atoms with Crippen LogP contribution >= 0.6 is 0 Å². The standard InChI is InChI=1S/C22H24N4O3/c1-5-13-25(15-17-9-11-19(28-3)12-10-17)22(27)21-16(2)26(24-23-21)18-7-6-8-20(14-18)29-4/h5-12,14H,1,13,15H2,2-4H3. The summed E-state index contributed by atoms with van der Waals surface area (Å²) in [6.07, 6.45) is 1.70. The van der Waals surface area contributed by atoms with Crippen molar-refractivity contribution < 1.29 is 14.3 Å². The van der Waals surface area contributed by atoms with E-state index in [4.69, 9.17) is 9.47 Å². The second kappa shape index (κ2) is 9.05. The van der Waals surface area contributed by atoms with E-state index in [1.54, 1.807) is 29.9 Å². The molecule has 0 radical (unpaired) electrons. The minimum Gasteiger partial charge on any atom is -0.497 e. The zero-order valence-electron chi connectivity index (χ0n) is 16.8. The quantitative estimate of drug-likeness (QED) is 0.550. The van der Waals surface area contributed by atoms with Crippen LogP contribution in [0.3, 0.4) is 0 Å². The first-order chi connectivity index (χ1) is 14.1. The average molecular weight is 392 g/mol. The topological polar surface area (TPSA) is 69.5 Å². The first-order valence-electron chi connectivity index (χ1n) is 9.17. The Labute approximate surface area is 170 Å². The summed E-state index contributed by atoms with van der Waals surface area (Å²) in [5, 5.41) is 8.32. The summed E-state index contributed by atoms with van der Waals surface area (Å²) in [7, 11) is 3.23. The molecule has 3 aromatic rings. The van der Waals surface area contributed by atoms with Crippen LogP contribution in [0.2, 0.25) is 0 Å². The summed E-state index contributed by atoms with van der Waals surface area (Å²) in [5.41, 5.74) is 2.73. The largest absolute Gasteiger partial charge is 0.497 e. The third-order valence-corrected chi connectivity index (χ3v) is 4.56. The van der Waals surface area contributed by atoms with Gasteiger partial charge in [0.15, 0.2) is 5.69 Å². The van der Waals surface area contributed by atoms with Crippen molar-refractivity contribution in [2.24, 2.45) is 0 Å². The van der Waals surface area contributed by atoms with Gasteiger partial charge in [-0.25, -0.2) is 4.68 Å². The smallest absolute Gasteiger partial charge is 0.276 e. The number of nitrogens with zero attached hydrogens (tertiary/aromatic N) is 4. The van der Waals surface area contributed by atoms with Crippen molar-refractivity contribution >= 4 is 5.91 Å². The van der Waals surface area contributed by atoms with Crippen LogP contribution in [0.15, 0.2) is 61.2 Å². The van der Waals surface area contributed by atoms with Crippen LogP contribution in [-0.4, -0.2) is 46.6 Å². The molecule has 1 amide bonds. The van der Waals surface area contributed by atoms with Gasteiger partial charge in [0.2, 0.25) is 0 Å². The lowest BCUT2D eigenvalue weighted by Gasteiger charge is -2.20. The van der Waals surface area contributed by atoms with E-state index in [0.29, 0.717) is 30.2 Å². The Morgan fingerprint density at radius 2 is 1.86 bits per heavy atom. The first-order valence-corrected chi connectivity index (χ1v) is 9.17. The Bertz CT molecular complexity index is 996. The fourth-order valence-corrected chi connectivity index (χ4v) is 2.99. The highest BCUT2D eigenvalue weighted by Crippen LogP contribution is 2.20. The van der Waals surface area contributed by atoms with Crippen molar-refractivity contribution in [3.8, 4) is 17.2 Å². The van der Waals surface area contributed by atoms with E-state index in [1.165, 1.54) is 0 Å². The summed E-state index contributed by atoms with van der Waals surface area (Å²) in [6.45, 7) is 6.43. The van der Waals surface area contributed by atoms with Gasteiger partial charge in [-0.2, -0.15) is 0 Å². The number of ether oxygens (including phenoxy) is 2. The van der Waals surface area contributed by atoms with Crippen molar-refractivity contribution in [1.29, 1.82) is 0 Å². The number of hydrogen-bond donors (Lipinski definition) is 0. The fraction of sp³-hybridized carbons (Fsp3) is 0.227. The summed E-state index contributed by atoms with van der Waals surface area (Å²) in [6, 6.07) is 15.1. The molecule has 0 spiro atoms. The van der Waals surface area contributed by atoms with Crippen LogP contribution in [-0.2, 0) is 6.54 Å². The molecule has 1 aromatic heterocycles. The van der Waals surface area contributed by atoms with E-state index >= 15 is 0 Å². The molecule has 29 heavy (non-hydrogen) atoms. The number of aromatic nitrogens is 3. The van der Waals surface area contributed by atoms with E-state index in [1.807, 2.05) is 55.5 Å². The van der Waals surface area contributed by atoms with E-state index in [-0.39, 0.29) is 5.91 Å². The molecular formula is C22H24N4O3. The van der Waals surface area contributed by atoms with Gasteiger partial charge in [0, 0.05) is 19.2 Å². The lowest BCUT2D eigenvalue weighted by atomic mass is 10.2. The van der Waals surface area contributed by atoms with Gasteiger partial charge in [-0.05, 0) is 36.8 Å². The molecular weight excluding hydrogens is 368 g/mol. The van der Waals surface area contributed by atoms with Gasteiger partial charge in [-0.1, -0.05) is 29.5 Å². The summed E-state index contributed by atoms with van der Waals surface area (Å²) in [4.78, 5) is 14.8. The molecule has 0 saturated heterocycles. The lowest BCUT2D eigenvalue weighted by molar-refractivity contribution is 0.0756. The van der Waals surface area contributed by atoms with Gasteiger partial charge in [0.25, 0.3) is 5.91 Å². The Hall–Kier alpha value is -3.61. The highest BCUT2D eigenvalue weighted by atomic mass is 16.5. The maximum absolute atomic E-state index is 13.2. The van der Waals surface area contributed by atoms with E-state index in [0.717, 1.165) is 17.0 Å². The maximum Gasteiger partial charge on any atom is 0.276 e. The Balaban J connectivity index is 1.86. The molecule has 2 aromatic carbocycles. The Morgan fingerprint density at radius 1 is 1.14 bits per heavy atom. The minimum atomic E-state index is -0.202. The molecule has 150 valence electrons. The number of rotatable bonds is 8. The molecule has 0 aliphatic heterocycles. The van der Waals surface area contributed by atoms with Gasteiger partial charge in [0.05, 0.1) is 25.6 Å². The van der Waals surface area contributed by atoms with Crippen molar-refractivity contribution in [2.75, 3.05) is 20.8 Å². The van der Waals surface area contributed by atoms with Crippen molar-refractivity contribution in [2.45, 2.75) is 13.5 Å². The van der Waals surface area contributed by atoms with Gasteiger partial charge < -0.3 is 14.4 Å². The molecule has 0 aliphatic rings. The summed E-state index contributed by atoms with van der Waals surface area (Å²) < 4.78 is 12.1. The number of hydrogen-bond acceptors (Lipinski definition) is 5. The minimum absolute atomic E-state index is 0.202. The fourth-order valence-electron chi connectivity index (χ4n) is 2.99. The van der Waals surface area contributed by atoms with E-state index in [9.17, 15) is 4.79 Å². The Morgan fingerprint density at radius 3 is 2.52 bits per heavy atom. The molecule has 0 aliphatic carbocycles. The molecule has 0 unspecified atom stereocenters. The van der Waals surface area contributed by atoms with Gasteiger partial charge in [-0.15, -0.1) is 11.7 Å². The normalized spacial score (nSPS) is 10.4. The molecule has 0 saturated carbocycles. The van der Waals surface area contributed by atoms with Gasteiger partial charge >= 0.3 is 0 Å². The third-order valence-electron chi connectivity index (χ3n) is 4.56. The van der Waals surface area contributed by atoms with Crippen LogP contribution in [0.5, 0.6) is 11.5 Å². The number of methoxy groups -OCH3 is 2. The molecule has 3 rings (SSSR count). The molecule has 0 N–H and O–H groups in total. The highest BCUT2D eigenvalue weighted by molar-refractivity contribution is 5.93. The van der Waals surface area contributed by atoms with Crippen LogP contribution in [0, 0.1) is 6.92 Å². The number of amides is 1. The van der Waals surface area contributed by atoms with Gasteiger partial charge in [-0.3, -0.25) is 4.79 Å². The maximum atomic E-state index is 13.2. The van der Waals surface area contributed by atoms with Crippen molar-refractivity contribution in [3.63, 3.8) is 0 Å². The summed E-state index contributed by atoms with van der Waals surface area (Å²) in [5.74, 6) is 1.28. The third kappa shape index (κ3) is 4.45. The lowest BCUT2D eigenvalue weighted by Crippen LogP contribution is -2.31. The van der Waals surface area contributed by atoms with E-state index in [2.05, 4.69) is 16.9 Å². The first kappa shape index (κ1) is 20.1. The molecule has 1 heterocycles. The van der Waals surface area contributed by atoms with Crippen molar-refractivity contribution in [3.05, 3.63) is 78.1 Å². The number of benzene rings is 2. The summed E-state index contributed by atoms with van der Waals surface area (Å²) >= 11 is 0. The molecule has 0 atom stereocenters. The molecule has 7 nitrogen and oxygen atoms in total. The monoisotopic (exact) mass is 392 g/mol. The van der Waals surface area contributed by atoms with Crippen LogP contribution in [0.1, 0.15) is 21.7 Å². The molecule has 0 bridgehead atoms. The second-order valence-corrected chi connectivity index (χ2v) is 6.46. The molecule has 0 fully saturated rings.